The smallest absolute Gasteiger partial charge is 0.134 e. The molecule has 6 aromatic heterocycles. The normalized spacial score (nSPS) is 11.1. The van der Waals surface area contributed by atoms with Crippen molar-refractivity contribution in [2.24, 2.45) is 0 Å². The van der Waals surface area contributed by atoms with Crippen molar-refractivity contribution in [2.45, 2.75) is 39.8 Å². The van der Waals surface area contributed by atoms with Crippen molar-refractivity contribution in [3.63, 3.8) is 0 Å². The van der Waals surface area contributed by atoms with Crippen molar-refractivity contribution in [3.05, 3.63) is 132 Å². The zero-order chi connectivity index (χ0) is 37.6. The van der Waals surface area contributed by atoms with Crippen LogP contribution in [0, 0.1) is 11.6 Å². The molecule has 0 saturated heterocycles. The van der Waals surface area contributed by atoms with Gasteiger partial charge < -0.3 is 10.6 Å². The summed E-state index contributed by atoms with van der Waals surface area (Å²) in [6, 6.07) is 19.9. The number of benzene rings is 2. The van der Waals surface area contributed by atoms with Gasteiger partial charge in [0.25, 0.3) is 0 Å². The van der Waals surface area contributed by atoms with Crippen molar-refractivity contribution < 1.29 is 8.78 Å². The molecule has 0 spiro atoms. The summed E-state index contributed by atoms with van der Waals surface area (Å²) in [6.45, 7) is 5.85. The van der Waals surface area contributed by atoms with Gasteiger partial charge >= 0.3 is 0 Å². The Morgan fingerprint density at radius 1 is 0.630 bits per heavy atom. The minimum atomic E-state index is -0.367. The Balaban J connectivity index is 0.000000167. The highest BCUT2D eigenvalue weighted by molar-refractivity contribution is 6.31. The minimum Gasteiger partial charge on any atom is -0.354 e. The molecule has 0 atom stereocenters. The third-order valence-corrected chi connectivity index (χ3v) is 8.83. The summed E-state index contributed by atoms with van der Waals surface area (Å²) in [5.41, 5.74) is 8.38. The molecule has 0 unspecified atom stereocenters. The number of halogens is 4. The maximum atomic E-state index is 14.2. The maximum Gasteiger partial charge on any atom is 0.134 e. The van der Waals surface area contributed by atoms with Crippen LogP contribution in [0.4, 0.5) is 31.5 Å². The van der Waals surface area contributed by atoms with Crippen molar-refractivity contribution >= 4 is 68.0 Å². The van der Waals surface area contributed by atoms with Crippen molar-refractivity contribution in [1.82, 2.24) is 39.5 Å². The van der Waals surface area contributed by atoms with E-state index in [-0.39, 0.29) is 11.6 Å². The fourth-order valence-corrected chi connectivity index (χ4v) is 6.27. The molecule has 0 aliphatic heterocycles. The van der Waals surface area contributed by atoms with Gasteiger partial charge in [-0.05, 0) is 85.6 Å². The lowest BCUT2D eigenvalue weighted by Gasteiger charge is -2.11. The highest BCUT2D eigenvalue weighted by Crippen LogP contribution is 2.31. The first-order chi connectivity index (χ1) is 26.3. The number of nitrogens with zero attached hydrogens (tertiary/aromatic N) is 8. The van der Waals surface area contributed by atoms with E-state index < -0.39 is 0 Å². The molecule has 2 aromatic carbocycles. The van der Waals surface area contributed by atoms with Crippen LogP contribution in [-0.2, 0) is 13.1 Å². The number of hydrogen-bond acceptors (Lipinski definition) is 8. The minimum absolute atomic E-state index is 0.359. The molecule has 8 aromatic rings. The van der Waals surface area contributed by atoms with E-state index >= 15 is 0 Å². The van der Waals surface area contributed by atoms with Crippen molar-refractivity contribution in [1.29, 1.82) is 0 Å². The molecule has 0 amide bonds. The third kappa shape index (κ3) is 8.14. The summed E-state index contributed by atoms with van der Waals surface area (Å²) in [5.74, 6) is -0.731. The van der Waals surface area contributed by atoms with Crippen molar-refractivity contribution in [2.75, 3.05) is 10.6 Å². The van der Waals surface area contributed by atoms with Gasteiger partial charge in [0.15, 0.2) is 0 Å². The maximum absolute atomic E-state index is 14.2. The molecule has 0 saturated carbocycles. The Morgan fingerprint density at radius 3 is 1.80 bits per heavy atom. The van der Waals surface area contributed by atoms with Gasteiger partial charge in [0.1, 0.15) is 33.7 Å². The molecular formula is C40H34Cl2F2N10. The predicted molar refractivity (Wildman–Crippen MR) is 211 cm³/mol. The molecule has 54 heavy (non-hydrogen) atoms. The molecule has 2 N–H and O–H groups in total. The number of aromatic nitrogens is 8. The number of fused-ring (bicyclic) bond motifs is 2. The van der Waals surface area contributed by atoms with Crippen LogP contribution in [-0.4, -0.2) is 39.5 Å². The standard InChI is InChI=1S/2C20H17ClFN5/c1-2-9-27-12-19-20(26-27)17(6-8-24-19)25-14-5-7-23-18(11-14)15-10-13(21)3-4-16(15)22;1-2-9-27-20-17(6-8-24-19(20)12-25-27)26-14-5-7-23-18(11-14)15-10-13(21)3-4-16(15)22/h3-8,10-12H,2,9H2,1H3,(H,23,25);3-8,10-12H,2,9H2,1H3,(H,23,24,26). The first-order valence-electron chi connectivity index (χ1n) is 17.3. The van der Waals surface area contributed by atoms with Crippen LogP contribution >= 0.6 is 23.2 Å². The summed E-state index contributed by atoms with van der Waals surface area (Å²) in [6.07, 6.45) is 12.4. The molecule has 14 heteroatoms. The Kier molecular flexibility index (Phi) is 11.0. The molecule has 0 bridgehead atoms. The van der Waals surface area contributed by atoms with E-state index in [1.807, 2.05) is 39.8 Å². The zero-order valence-corrected chi connectivity index (χ0v) is 30.8. The first kappa shape index (κ1) is 36.4. The first-order valence-corrected chi connectivity index (χ1v) is 18.0. The van der Waals surface area contributed by atoms with E-state index in [1.54, 1.807) is 55.2 Å². The van der Waals surface area contributed by atoms with E-state index in [0.29, 0.717) is 32.6 Å². The summed E-state index contributed by atoms with van der Waals surface area (Å²) in [5, 5.41) is 16.7. The summed E-state index contributed by atoms with van der Waals surface area (Å²) in [4.78, 5) is 17.3. The van der Waals surface area contributed by atoms with E-state index in [0.717, 1.165) is 70.7 Å². The highest BCUT2D eigenvalue weighted by atomic mass is 35.5. The SMILES string of the molecule is CCCn1cc2nccc(Nc3ccnc(-c4cc(Cl)ccc4F)c3)c2n1.CCCn1ncc2nccc(Nc3ccnc(-c4cc(Cl)ccc4F)c3)c21. The molecule has 0 fully saturated rings. The summed E-state index contributed by atoms with van der Waals surface area (Å²) in [7, 11) is 0. The van der Waals surface area contributed by atoms with Gasteiger partial charge in [0.05, 0.1) is 35.2 Å². The van der Waals surface area contributed by atoms with Crippen LogP contribution in [0.1, 0.15) is 26.7 Å². The van der Waals surface area contributed by atoms with Gasteiger partial charge in [-0.15, -0.1) is 0 Å². The van der Waals surface area contributed by atoms with Gasteiger partial charge in [-0.25, -0.2) is 8.78 Å². The topological polar surface area (TPSA) is 111 Å². The van der Waals surface area contributed by atoms with Crippen molar-refractivity contribution in [3.8, 4) is 22.5 Å². The zero-order valence-electron chi connectivity index (χ0n) is 29.3. The second kappa shape index (κ2) is 16.4. The van der Waals surface area contributed by atoms with E-state index in [1.165, 1.54) is 24.3 Å². The average Bonchev–Trinajstić information content (AvgIpc) is 3.79. The number of aryl methyl sites for hydroxylation is 2. The number of anilines is 4. The molecule has 0 aliphatic rings. The van der Waals surface area contributed by atoms with Crippen LogP contribution in [0.5, 0.6) is 0 Å². The van der Waals surface area contributed by atoms with Crippen LogP contribution in [0.25, 0.3) is 44.6 Å². The Labute approximate surface area is 319 Å². The Hall–Kier alpha value is -5.98. The molecule has 6 heterocycles. The monoisotopic (exact) mass is 762 g/mol. The van der Waals surface area contributed by atoms with Gasteiger partial charge in [0.2, 0.25) is 0 Å². The molecular weight excluding hydrogens is 729 g/mol. The van der Waals surface area contributed by atoms with Crippen LogP contribution in [0.2, 0.25) is 10.0 Å². The number of hydrogen-bond donors (Lipinski definition) is 2. The molecule has 10 nitrogen and oxygen atoms in total. The quantitative estimate of drug-likeness (QED) is 0.142. The van der Waals surface area contributed by atoms with Crippen LogP contribution < -0.4 is 10.6 Å². The Morgan fingerprint density at radius 2 is 1.19 bits per heavy atom. The third-order valence-electron chi connectivity index (χ3n) is 8.36. The Bertz CT molecular complexity index is 2570. The lowest BCUT2D eigenvalue weighted by Crippen LogP contribution is -2.02. The molecule has 272 valence electrons. The van der Waals surface area contributed by atoms with E-state index in [9.17, 15) is 8.78 Å². The van der Waals surface area contributed by atoms with E-state index in [2.05, 4.69) is 54.6 Å². The fourth-order valence-electron chi connectivity index (χ4n) is 5.92. The lowest BCUT2D eigenvalue weighted by molar-refractivity contribution is 0.609. The average molecular weight is 764 g/mol. The second-order valence-electron chi connectivity index (χ2n) is 12.3. The van der Waals surface area contributed by atoms with Gasteiger partial charge in [-0.1, -0.05) is 37.0 Å². The molecule has 8 rings (SSSR count). The largest absolute Gasteiger partial charge is 0.354 e. The van der Waals surface area contributed by atoms with E-state index in [4.69, 9.17) is 23.2 Å². The van der Waals surface area contributed by atoms with Crippen LogP contribution in [0.15, 0.2) is 110 Å². The van der Waals surface area contributed by atoms with Gasteiger partial charge in [-0.3, -0.25) is 29.3 Å². The summed E-state index contributed by atoms with van der Waals surface area (Å²) >= 11 is 12.0. The van der Waals surface area contributed by atoms with Crippen LogP contribution in [0.3, 0.4) is 0 Å². The summed E-state index contributed by atoms with van der Waals surface area (Å²) < 4.78 is 32.2. The van der Waals surface area contributed by atoms with Gasteiger partial charge in [0, 0.05) is 70.4 Å². The van der Waals surface area contributed by atoms with Gasteiger partial charge in [-0.2, -0.15) is 10.2 Å². The lowest BCUT2D eigenvalue weighted by atomic mass is 10.1. The number of rotatable bonds is 10. The molecule has 0 radical (unpaired) electrons. The number of pyridine rings is 4. The fraction of sp³-hybridized carbons (Fsp3) is 0.150. The number of nitrogens with one attached hydrogen (secondary N) is 2. The predicted octanol–water partition coefficient (Wildman–Crippen LogP) is 10.9. The molecule has 0 aliphatic carbocycles. The second-order valence-corrected chi connectivity index (χ2v) is 13.2. The highest BCUT2D eigenvalue weighted by Gasteiger charge is 2.13.